The van der Waals surface area contributed by atoms with Gasteiger partial charge in [0.2, 0.25) is 11.0 Å². The maximum atomic E-state index is 10.5. The van der Waals surface area contributed by atoms with Crippen LogP contribution in [0.15, 0.2) is 0 Å². The molecule has 0 aliphatic rings. The molecule has 0 atom stereocenters. The molecule has 9 nitrogen and oxygen atoms in total. The second kappa shape index (κ2) is 3.53. The molecule has 0 saturated heterocycles. The third kappa shape index (κ3) is 1.72. The SMILES string of the molecule is Nc1nc(Cl)c([N+](=O)[O-])c(N)c1[N+](=O)[O-]. The topological polar surface area (TPSA) is 151 Å². The number of halogens is 1. The van der Waals surface area contributed by atoms with Crippen LogP contribution in [0.1, 0.15) is 0 Å². The lowest BCUT2D eigenvalue weighted by Crippen LogP contribution is -2.07. The minimum Gasteiger partial charge on any atom is -0.387 e. The highest BCUT2D eigenvalue weighted by atomic mass is 35.5. The Balaban J connectivity index is 3.64. The van der Waals surface area contributed by atoms with Crippen LogP contribution in [-0.4, -0.2) is 14.8 Å². The van der Waals surface area contributed by atoms with E-state index in [1.807, 2.05) is 0 Å². The molecule has 0 amide bonds. The summed E-state index contributed by atoms with van der Waals surface area (Å²) in [7, 11) is 0. The van der Waals surface area contributed by atoms with Crippen molar-refractivity contribution in [3.8, 4) is 0 Å². The number of nitrogens with two attached hydrogens (primary N) is 2. The number of aromatic nitrogens is 1. The number of pyridine rings is 1. The smallest absolute Gasteiger partial charge is 0.341 e. The Labute approximate surface area is 86.9 Å². The molecule has 0 saturated carbocycles. The average molecular weight is 234 g/mol. The van der Waals surface area contributed by atoms with Crippen molar-refractivity contribution in [1.82, 2.24) is 4.98 Å². The highest BCUT2D eigenvalue weighted by molar-refractivity contribution is 6.32. The van der Waals surface area contributed by atoms with Gasteiger partial charge in [0.05, 0.1) is 9.85 Å². The van der Waals surface area contributed by atoms with Crippen LogP contribution >= 0.6 is 11.6 Å². The van der Waals surface area contributed by atoms with Crippen molar-refractivity contribution >= 4 is 34.5 Å². The Hall–Kier alpha value is -2.16. The van der Waals surface area contributed by atoms with E-state index in [-0.39, 0.29) is 0 Å². The molecular weight excluding hydrogens is 230 g/mol. The van der Waals surface area contributed by atoms with Crippen molar-refractivity contribution in [2.75, 3.05) is 11.5 Å². The molecule has 15 heavy (non-hydrogen) atoms. The second-order valence-electron chi connectivity index (χ2n) is 2.41. The number of nitro groups is 2. The fraction of sp³-hybridized carbons (Fsp3) is 0. The van der Waals surface area contributed by atoms with Crippen molar-refractivity contribution in [2.45, 2.75) is 0 Å². The van der Waals surface area contributed by atoms with Crippen LogP contribution in [0.5, 0.6) is 0 Å². The van der Waals surface area contributed by atoms with Crippen LogP contribution in [0.25, 0.3) is 0 Å². The molecule has 80 valence electrons. The van der Waals surface area contributed by atoms with Gasteiger partial charge in [0.1, 0.15) is 0 Å². The number of hydrogen-bond donors (Lipinski definition) is 2. The summed E-state index contributed by atoms with van der Waals surface area (Å²) in [4.78, 5) is 22.3. The van der Waals surface area contributed by atoms with Crippen LogP contribution in [0.2, 0.25) is 5.15 Å². The summed E-state index contributed by atoms with van der Waals surface area (Å²) in [5.74, 6) is -0.562. The molecule has 0 aliphatic carbocycles. The summed E-state index contributed by atoms with van der Waals surface area (Å²) in [6.07, 6.45) is 0. The van der Waals surface area contributed by atoms with Crippen LogP contribution in [0, 0.1) is 20.2 Å². The van der Waals surface area contributed by atoms with Gasteiger partial charge in [-0.2, -0.15) is 0 Å². The van der Waals surface area contributed by atoms with Gasteiger partial charge in [-0.15, -0.1) is 0 Å². The van der Waals surface area contributed by atoms with Gasteiger partial charge in [0.15, 0.2) is 5.69 Å². The fourth-order valence-electron chi connectivity index (χ4n) is 0.938. The maximum Gasteiger partial charge on any atom is 0.341 e. The Kier molecular flexibility index (Phi) is 2.57. The zero-order valence-electron chi connectivity index (χ0n) is 7.01. The van der Waals surface area contributed by atoms with Crippen LogP contribution in [-0.2, 0) is 0 Å². The van der Waals surface area contributed by atoms with E-state index in [2.05, 4.69) is 4.98 Å². The molecule has 1 aromatic rings. The van der Waals surface area contributed by atoms with Crippen molar-refractivity contribution in [2.24, 2.45) is 0 Å². The van der Waals surface area contributed by atoms with Gasteiger partial charge in [-0.25, -0.2) is 4.98 Å². The van der Waals surface area contributed by atoms with Crippen molar-refractivity contribution < 1.29 is 9.85 Å². The van der Waals surface area contributed by atoms with E-state index in [4.69, 9.17) is 23.1 Å². The third-order valence-electron chi connectivity index (χ3n) is 1.53. The highest BCUT2D eigenvalue weighted by Crippen LogP contribution is 2.39. The number of nitrogen functional groups attached to an aromatic ring is 2. The summed E-state index contributed by atoms with van der Waals surface area (Å²) < 4.78 is 0. The Morgan fingerprint density at radius 3 is 2.00 bits per heavy atom. The number of hydrogen-bond acceptors (Lipinski definition) is 7. The minimum atomic E-state index is -0.961. The molecule has 1 aromatic heterocycles. The summed E-state index contributed by atoms with van der Waals surface area (Å²) in [5, 5.41) is 20.4. The molecule has 0 aromatic carbocycles. The number of anilines is 2. The quantitative estimate of drug-likeness (QED) is 0.433. The summed E-state index contributed by atoms with van der Waals surface area (Å²) in [6, 6.07) is 0. The van der Waals surface area contributed by atoms with E-state index in [0.717, 1.165) is 0 Å². The van der Waals surface area contributed by atoms with E-state index in [1.165, 1.54) is 0 Å². The second-order valence-corrected chi connectivity index (χ2v) is 2.77. The first-order valence-corrected chi connectivity index (χ1v) is 3.77. The van der Waals surface area contributed by atoms with Gasteiger partial charge in [0.25, 0.3) is 0 Å². The van der Waals surface area contributed by atoms with E-state index < -0.39 is 37.9 Å². The Bertz CT molecular complexity index is 423. The summed E-state index contributed by atoms with van der Waals surface area (Å²) >= 11 is 5.37. The minimum absolute atomic E-state index is 0.562. The van der Waals surface area contributed by atoms with Gasteiger partial charge >= 0.3 is 11.4 Å². The van der Waals surface area contributed by atoms with Crippen molar-refractivity contribution in [3.05, 3.63) is 25.4 Å². The summed E-state index contributed by atoms with van der Waals surface area (Å²) in [6.45, 7) is 0. The van der Waals surface area contributed by atoms with Crippen molar-refractivity contribution in [1.29, 1.82) is 0 Å². The first-order chi connectivity index (χ1) is 6.86. The fourth-order valence-corrected chi connectivity index (χ4v) is 1.20. The molecule has 10 heteroatoms. The zero-order valence-corrected chi connectivity index (χ0v) is 7.76. The van der Waals surface area contributed by atoms with Gasteiger partial charge < -0.3 is 11.5 Å². The molecule has 0 spiro atoms. The normalized spacial score (nSPS) is 9.93. The molecule has 0 fully saturated rings. The van der Waals surface area contributed by atoms with E-state index in [9.17, 15) is 20.2 Å². The van der Waals surface area contributed by atoms with Gasteiger partial charge in [-0.05, 0) is 0 Å². The largest absolute Gasteiger partial charge is 0.387 e. The first kappa shape index (κ1) is 10.9. The average Bonchev–Trinajstić information content (AvgIpc) is 1.99. The van der Waals surface area contributed by atoms with Gasteiger partial charge in [0, 0.05) is 0 Å². The monoisotopic (exact) mass is 233 g/mol. The zero-order chi connectivity index (χ0) is 11.7. The highest BCUT2D eigenvalue weighted by Gasteiger charge is 2.30. The van der Waals surface area contributed by atoms with Crippen LogP contribution < -0.4 is 11.5 Å². The summed E-state index contributed by atoms with van der Waals surface area (Å²) in [5.41, 5.74) is 8.01. The lowest BCUT2D eigenvalue weighted by atomic mass is 10.3. The van der Waals surface area contributed by atoms with Crippen LogP contribution in [0.3, 0.4) is 0 Å². The standard InChI is InChI=1S/C5H4ClN5O4/c6-4-2(10(12)13)1(7)3(11(14)15)5(8)9-4/h(H4,7,8,9). The molecule has 1 heterocycles. The number of rotatable bonds is 2. The molecule has 1 rings (SSSR count). The lowest BCUT2D eigenvalue weighted by molar-refractivity contribution is -0.392. The maximum absolute atomic E-state index is 10.5. The molecule has 0 bridgehead atoms. The molecule has 4 N–H and O–H groups in total. The lowest BCUT2D eigenvalue weighted by Gasteiger charge is -2.02. The van der Waals surface area contributed by atoms with E-state index in [1.54, 1.807) is 0 Å². The third-order valence-corrected chi connectivity index (χ3v) is 1.80. The molecule has 0 unspecified atom stereocenters. The number of nitrogens with zero attached hydrogens (tertiary/aromatic N) is 3. The van der Waals surface area contributed by atoms with Gasteiger partial charge in [-0.3, -0.25) is 20.2 Å². The predicted octanol–water partition coefficient (Wildman–Crippen LogP) is 0.716. The Morgan fingerprint density at radius 2 is 1.60 bits per heavy atom. The van der Waals surface area contributed by atoms with Crippen molar-refractivity contribution in [3.63, 3.8) is 0 Å². The molecule has 0 radical (unpaired) electrons. The predicted molar refractivity (Wildman–Crippen MR) is 51.4 cm³/mol. The van der Waals surface area contributed by atoms with E-state index >= 15 is 0 Å². The molecule has 0 aliphatic heterocycles. The first-order valence-electron chi connectivity index (χ1n) is 3.39. The van der Waals surface area contributed by atoms with Crippen LogP contribution in [0.4, 0.5) is 22.9 Å². The van der Waals surface area contributed by atoms with E-state index in [0.29, 0.717) is 0 Å². The molecular formula is C5H4ClN5O4. The van der Waals surface area contributed by atoms with Gasteiger partial charge in [-0.1, -0.05) is 11.6 Å². The Morgan fingerprint density at radius 1 is 1.13 bits per heavy atom.